The van der Waals surface area contributed by atoms with E-state index in [0.717, 1.165) is 67.6 Å². The fourth-order valence-electron chi connectivity index (χ4n) is 9.09. The zero-order chi connectivity index (χ0) is 44.2. The second-order valence-corrected chi connectivity index (χ2v) is 20.9. The van der Waals surface area contributed by atoms with E-state index in [4.69, 9.17) is 4.74 Å². The number of ether oxygens (including phenoxy) is 1. The van der Waals surface area contributed by atoms with Crippen molar-refractivity contribution in [2.24, 2.45) is 5.92 Å². The fourth-order valence-corrected chi connectivity index (χ4v) is 10.1. The van der Waals surface area contributed by atoms with Gasteiger partial charge in [-0.3, -0.25) is 13.9 Å². The Bertz CT molecular complexity index is 2430. The predicted molar refractivity (Wildman–Crippen MR) is 244 cm³/mol. The molecular weight excluding hydrogens is 809 g/mol. The lowest BCUT2D eigenvalue weighted by Crippen LogP contribution is -2.40. The molecule has 3 aromatic carbocycles. The molecule has 0 saturated carbocycles. The molecule has 3 aliphatic rings. The normalized spacial score (nSPS) is 20.0. The number of hydrogen-bond acceptors (Lipinski definition) is 8. The lowest BCUT2D eigenvalue weighted by molar-refractivity contribution is -0.122. The van der Waals surface area contributed by atoms with E-state index >= 15 is 0 Å². The summed E-state index contributed by atoms with van der Waals surface area (Å²) in [6.45, 7) is 14.3. The van der Waals surface area contributed by atoms with Crippen molar-refractivity contribution in [2.45, 2.75) is 121 Å². The van der Waals surface area contributed by atoms with Crippen LogP contribution in [0.5, 0.6) is 5.75 Å². The Labute approximate surface area is 363 Å². The summed E-state index contributed by atoms with van der Waals surface area (Å²) in [6.07, 6.45) is 15.5. The number of para-hydroxylation sites is 2. The molecule has 61 heavy (non-hydrogen) atoms. The Morgan fingerprint density at radius 2 is 1.46 bits per heavy atom. The Hall–Kier alpha value is -4.49. The lowest BCUT2D eigenvalue weighted by Gasteiger charge is -2.33. The Balaban J connectivity index is 1.37. The minimum absolute atomic E-state index is 0.0497. The van der Waals surface area contributed by atoms with E-state index in [1.807, 2.05) is 26.0 Å². The highest BCUT2D eigenvalue weighted by Gasteiger charge is 2.43. The van der Waals surface area contributed by atoms with Gasteiger partial charge in [0.25, 0.3) is 20.2 Å². The van der Waals surface area contributed by atoms with Crippen LogP contribution >= 0.6 is 0 Å². The topological polar surface area (TPSA) is 142 Å². The predicted octanol–water partition coefficient (Wildman–Crippen LogP) is 10.5. The number of fused-ring (bicyclic) bond motifs is 2. The third-order valence-electron chi connectivity index (χ3n) is 12.5. The third kappa shape index (κ3) is 10.8. The molecule has 1 aliphatic carbocycles. The first-order valence-electron chi connectivity index (χ1n) is 21.6. The summed E-state index contributed by atoms with van der Waals surface area (Å²) in [6, 6.07) is 22.7. The number of Topliss-reactive ketones (excluding diaryl/α,β-unsaturated/α-hetero) is 1. The number of allylic oxidation sites excluding steroid dienone is 6. The molecule has 2 N–H and O–H groups in total. The monoisotopic (exact) mass is 870 g/mol. The summed E-state index contributed by atoms with van der Waals surface area (Å²) in [4.78, 5) is 16.8. The molecule has 0 radical (unpaired) electrons. The second-order valence-electron chi connectivity index (χ2n) is 18.0. The van der Waals surface area contributed by atoms with Gasteiger partial charge in [-0.2, -0.15) is 16.8 Å². The van der Waals surface area contributed by atoms with Crippen LogP contribution in [-0.4, -0.2) is 56.6 Å². The Morgan fingerprint density at radius 3 is 2.13 bits per heavy atom. The van der Waals surface area contributed by atoms with Crippen molar-refractivity contribution in [2.75, 3.05) is 28.6 Å². The van der Waals surface area contributed by atoms with Gasteiger partial charge in [0.1, 0.15) is 17.3 Å². The van der Waals surface area contributed by atoms with Crippen LogP contribution in [0, 0.1) is 5.92 Å². The SMILES string of the molecule is CC(C)C(=O)CCCCCN1c2ccccc2C(C)(C)C1/C=C/C1=C(Oc2ccc(S(=O)(=O)O)cc2)C(=C/C=C2/N(CCCCS(=O)(=O)O)c3ccccc3C2(C)C)/CCC1. The van der Waals surface area contributed by atoms with Crippen molar-refractivity contribution in [3.8, 4) is 5.75 Å². The zero-order valence-corrected chi connectivity index (χ0v) is 38.1. The molecule has 3 aromatic rings. The molecule has 10 nitrogen and oxygen atoms in total. The number of rotatable bonds is 18. The van der Waals surface area contributed by atoms with Crippen molar-refractivity contribution < 1.29 is 35.5 Å². The molecule has 0 amide bonds. The molecule has 1 atom stereocenters. The summed E-state index contributed by atoms with van der Waals surface area (Å²) in [5.41, 5.74) is 7.26. The smallest absolute Gasteiger partial charge is 0.294 e. The van der Waals surface area contributed by atoms with E-state index in [1.54, 1.807) is 12.1 Å². The zero-order valence-electron chi connectivity index (χ0n) is 36.4. The van der Waals surface area contributed by atoms with E-state index in [-0.39, 0.29) is 33.4 Å². The number of benzene rings is 3. The van der Waals surface area contributed by atoms with Crippen LogP contribution in [0.15, 0.2) is 125 Å². The number of carbonyl (C=O) groups is 1. The molecule has 0 fully saturated rings. The Kier molecular flexibility index (Phi) is 14.2. The number of hydrogen-bond donors (Lipinski definition) is 2. The van der Waals surface area contributed by atoms with Gasteiger partial charge in [-0.1, -0.05) is 103 Å². The summed E-state index contributed by atoms with van der Waals surface area (Å²) in [7, 11) is -8.44. The highest BCUT2D eigenvalue weighted by atomic mass is 32.2. The van der Waals surface area contributed by atoms with Gasteiger partial charge >= 0.3 is 0 Å². The molecule has 1 unspecified atom stereocenters. The van der Waals surface area contributed by atoms with Crippen LogP contribution in [0.4, 0.5) is 11.4 Å². The molecule has 0 aromatic heterocycles. The van der Waals surface area contributed by atoms with Crippen molar-refractivity contribution in [3.05, 3.63) is 131 Å². The number of unbranched alkanes of at least 4 members (excludes halogenated alkanes) is 3. The quantitative estimate of drug-likeness (QED) is 0.0937. The maximum Gasteiger partial charge on any atom is 0.294 e. The van der Waals surface area contributed by atoms with Crippen LogP contribution in [0.2, 0.25) is 0 Å². The van der Waals surface area contributed by atoms with Crippen molar-refractivity contribution in [1.29, 1.82) is 0 Å². The first kappa shape index (κ1) is 46.0. The van der Waals surface area contributed by atoms with Crippen molar-refractivity contribution >= 4 is 37.4 Å². The molecular formula is C49H62N2O8S2. The molecule has 0 spiro atoms. The van der Waals surface area contributed by atoms with Gasteiger partial charge < -0.3 is 14.5 Å². The highest BCUT2D eigenvalue weighted by Crippen LogP contribution is 2.49. The average molecular weight is 871 g/mol. The van der Waals surface area contributed by atoms with Gasteiger partial charge in [-0.15, -0.1) is 0 Å². The van der Waals surface area contributed by atoms with Gasteiger partial charge in [-0.05, 0) is 110 Å². The molecule has 2 aliphatic heterocycles. The minimum atomic E-state index is -4.39. The van der Waals surface area contributed by atoms with Crippen LogP contribution < -0.4 is 14.5 Å². The first-order valence-corrected chi connectivity index (χ1v) is 24.6. The number of ketones is 1. The van der Waals surface area contributed by atoms with Gasteiger partial charge in [0, 0.05) is 53.3 Å². The standard InChI is InChI=1S/C49H62N2O8S2/c1-35(2)44(52)23-8-7-13-32-50-42-21-11-9-19-40(42)48(3,4)45(50)30-24-36-17-16-18-37(47(36)59-38-26-28-39(29-27-38)61(56,57)58)25-31-46-49(5,6)41-20-10-12-22-43(41)51(46)33-14-15-34-60(53,54)55/h9-12,19-22,24-31,35,45H,7-8,13-18,23,32-34H2,1-6H3,(H,53,54,55)(H,56,57,58)/b30-24+,37-25+,46-31+. The highest BCUT2D eigenvalue weighted by molar-refractivity contribution is 7.86. The minimum Gasteiger partial charge on any atom is -0.457 e. The van der Waals surface area contributed by atoms with Crippen LogP contribution in [0.25, 0.3) is 0 Å². The first-order chi connectivity index (χ1) is 28.8. The third-order valence-corrected chi connectivity index (χ3v) is 14.2. The number of nitrogens with zero attached hydrogens (tertiary/aromatic N) is 2. The van der Waals surface area contributed by atoms with Gasteiger partial charge in [-0.25, -0.2) is 0 Å². The van der Waals surface area contributed by atoms with E-state index in [2.05, 4.69) is 98.2 Å². The molecule has 0 bridgehead atoms. The van der Waals surface area contributed by atoms with Crippen LogP contribution in [0.1, 0.15) is 110 Å². The summed E-state index contributed by atoms with van der Waals surface area (Å²) >= 11 is 0. The van der Waals surface area contributed by atoms with Crippen molar-refractivity contribution in [3.63, 3.8) is 0 Å². The molecule has 12 heteroatoms. The fraction of sp³-hybridized carbons (Fsp3) is 0.449. The summed E-state index contributed by atoms with van der Waals surface area (Å²) < 4.78 is 72.5. The second kappa shape index (κ2) is 18.9. The van der Waals surface area contributed by atoms with E-state index < -0.39 is 20.2 Å². The maximum atomic E-state index is 12.3. The number of anilines is 2. The van der Waals surface area contributed by atoms with E-state index in [0.29, 0.717) is 43.1 Å². The van der Waals surface area contributed by atoms with Crippen LogP contribution in [-0.2, 0) is 35.9 Å². The van der Waals surface area contributed by atoms with Gasteiger partial charge in [0.15, 0.2) is 0 Å². The largest absolute Gasteiger partial charge is 0.457 e. The molecule has 2 heterocycles. The van der Waals surface area contributed by atoms with Crippen LogP contribution in [0.3, 0.4) is 0 Å². The molecule has 0 saturated heterocycles. The Morgan fingerprint density at radius 1 is 0.803 bits per heavy atom. The van der Waals surface area contributed by atoms with Gasteiger partial charge in [0.2, 0.25) is 0 Å². The van der Waals surface area contributed by atoms with Gasteiger partial charge in [0.05, 0.1) is 16.7 Å². The number of carbonyl (C=O) groups excluding carboxylic acids is 1. The molecule has 328 valence electrons. The van der Waals surface area contributed by atoms with E-state index in [9.17, 15) is 30.7 Å². The average Bonchev–Trinajstić information content (AvgIpc) is 3.55. The van der Waals surface area contributed by atoms with E-state index in [1.165, 1.54) is 28.9 Å². The molecule has 6 rings (SSSR count). The summed E-state index contributed by atoms with van der Waals surface area (Å²) in [5, 5.41) is 0. The maximum absolute atomic E-state index is 12.3. The lowest BCUT2D eigenvalue weighted by atomic mass is 9.80. The summed E-state index contributed by atoms with van der Waals surface area (Å²) in [5.74, 6) is 1.22. The van der Waals surface area contributed by atoms with Crippen molar-refractivity contribution in [1.82, 2.24) is 0 Å².